The van der Waals surface area contributed by atoms with Crippen LogP contribution in [-0.2, 0) is 6.42 Å². The molecule has 2 nitrogen and oxygen atoms in total. The molecule has 1 fully saturated rings. The summed E-state index contributed by atoms with van der Waals surface area (Å²) in [5, 5.41) is 3.39. The molecule has 1 aromatic rings. The molecule has 108 valence electrons. The summed E-state index contributed by atoms with van der Waals surface area (Å²) in [7, 11) is 2.08. The van der Waals surface area contributed by atoms with Crippen molar-refractivity contribution in [3.8, 4) is 0 Å². The van der Waals surface area contributed by atoms with Crippen LogP contribution in [0.3, 0.4) is 0 Å². The summed E-state index contributed by atoms with van der Waals surface area (Å²) in [5.41, 5.74) is 2.42. The number of nitrogens with one attached hydrogen (secondary N) is 1. The van der Waals surface area contributed by atoms with E-state index in [9.17, 15) is 0 Å². The maximum atomic E-state index is 4.23. The summed E-state index contributed by atoms with van der Waals surface area (Å²) in [4.78, 5) is 5.69. The van der Waals surface area contributed by atoms with Crippen molar-refractivity contribution >= 4 is 11.3 Å². The first kappa shape index (κ1) is 15.0. The lowest BCUT2D eigenvalue weighted by Crippen LogP contribution is -2.36. The van der Waals surface area contributed by atoms with Gasteiger partial charge in [0.1, 0.15) is 0 Å². The molecule has 1 aromatic heterocycles. The fourth-order valence-electron chi connectivity index (χ4n) is 3.50. The third-order valence-corrected chi connectivity index (χ3v) is 5.58. The second kappa shape index (κ2) is 6.36. The van der Waals surface area contributed by atoms with Gasteiger partial charge in [-0.05, 0) is 62.4 Å². The summed E-state index contributed by atoms with van der Waals surface area (Å²) in [6.07, 6.45) is 7.44. The van der Waals surface area contributed by atoms with Crippen molar-refractivity contribution in [3.63, 3.8) is 0 Å². The Bertz CT molecular complexity index is 367. The van der Waals surface area contributed by atoms with Gasteiger partial charge in [0.15, 0.2) is 0 Å². The van der Waals surface area contributed by atoms with Crippen LogP contribution in [0.1, 0.15) is 44.9 Å². The molecule has 0 aromatic carbocycles. The van der Waals surface area contributed by atoms with Crippen LogP contribution < -0.4 is 5.32 Å². The minimum atomic E-state index is 0.455. The van der Waals surface area contributed by atoms with Crippen molar-refractivity contribution in [2.45, 2.75) is 46.5 Å². The predicted octanol–water partition coefficient (Wildman–Crippen LogP) is 3.98. The third-order valence-electron chi connectivity index (χ3n) is 4.78. The lowest BCUT2D eigenvalue weighted by atomic mass is 9.64. The second-order valence-corrected chi connectivity index (χ2v) is 8.10. The molecule has 0 spiro atoms. The molecule has 1 aliphatic carbocycles. The van der Waals surface area contributed by atoms with E-state index in [0.717, 1.165) is 17.8 Å². The molecule has 19 heavy (non-hydrogen) atoms. The van der Waals surface area contributed by atoms with Gasteiger partial charge in [-0.15, -0.1) is 11.3 Å². The van der Waals surface area contributed by atoms with Crippen molar-refractivity contribution < 1.29 is 0 Å². The molecule has 0 radical (unpaired) electrons. The Hall–Kier alpha value is -0.410. The van der Waals surface area contributed by atoms with Crippen LogP contribution in [0.2, 0.25) is 0 Å². The van der Waals surface area contributed by atoms with Gasteiger partial charge in [0.2, 0.25) is 0 Å². The van der Waals surface area contributed by atoms with Crippen molar-refractivity contribution in [1.82, 2.24) is 10.3 Å². The summed E-state index contributed by atoms with van der Waals surface area (Å²) >= 11 is 1.81. The zero-order chi connectivity index (χ0) is 13.9. The van der Waals surface area contributed by atoms with Crippen LogP contribution in [-0.4, -0.2) is 18.6 Å². The standard InChI is InChI=1S/C16H28N2S/c1-16(2,3)14-6-5-12(9-17-4)13(7-14)8-15-10-18-11-19-15/h10-14,17H,5-9H2,1-4H3. The Morgan fingerprint density at radius 2 is 2.11 bits per heavy atom. The summed E-state index contributed by atoms with van der Waals surface area (Å²) in [6.45, 7) is 8.37. The van der Waals surface area contributed by atoms with E-state index in [1.165, 1.54) is 37.1 Å². The molecule has 0 aliphatic heterocycles. The molecule has 1 aliphatic rings. The summed E-state index contributed by atoms with van der Waals surface area (Å²) < 4.78 is 0. The first-order chi connectivity index (χ1) is 9.00. The van der Waals surface area contributed by atoms with Gasteiger partial charge in [-0.25, -0.2) is 0 Å². The topological polar surface area (TPSA) is 24.9 Å². The number of thiazole rings is 1. The smallest absolute Gasteiger partial charge is 0.0794 e. The quantitative estimate of drug-likeness (QED) is 0.902. The monoisotopic (exact) mass is 280 g/mol. The lowest BCUT2D eigenvalue weighted by molar-refractivity contribution is 0.0984. The minimum absolute atomic E-state index is 0.455. The first-order valence-corrected chi connectivity index (χ1v) is 8.40. The molecule has 1 N–H and O–H groups in total. The van der Waals surface area contributed by atoms with E-state index >= 15 is 0 Å². The van der Waals surface area contributed by atoms with E-state index in [2.05, 4.69) is 44.3 Å². The van der Waals surface area contributed by atoms with Gasteiger partial charge in [-0.3, -0.25) is 4.98 Å². The fourth-order valence-corrected chi connectivity index (χ4v) is 4.18. The van der Waals surface area contributed by atoms with Gasteiger partial charge in [-0.1, -0.05) is 20.8 Å². The molecule has 1 heterocycles. The van der Waals surface area contributed by atoms with Gasteiger partial charge in [0.25, 0.3) is 0 Å². The minimum Gasteiger partial charge on any atom is -0.319 e. The number of hydrogen-bond acceptors (Lipinski definition) is 3. The van der Waals surface area contributed by atoms with E-state index in [1.807, 2.05) is 16.8 Å². The Morgan fingerprint density at radius 1 is 1.32 bits per heavy atom. The van der Waals surface area contributed by atoms with Crippen molar-refractivity contribution in [3.05, 3.63) is 16.6 Å². The Kier molecular flexibility index (Phi) is 5.02. The zero-order valence-corrected chi connectivity index (χ0v) is 13.6. The van der Waals surface area contributed by atoms with Gasteiger partial charge in [0, 0.05) is 11.1 Å². The molecular formula is C16H28N2S. The van der Waals surface area contributed by atoms with Gasteiger partial charge in [-0.2, -0.15) is 0 Å². The molecule has 0 saturated heterocycles. The van der Waals surface area contributed by atoms with Crippen LogP contribution >= 0.6 is 11.3 Å². The zero-order valence-electron chi connectivity index (χ0n) is 12.8. The number of hydrogen-bond donors (Lipinski definition) is 1. The average molecular weight is 280 g/mol. The highest BCUT2D eigenvalue weighted by Gasteiger charge is 2.35. The molecule has 3 atom stereocenters. The normalized spacial score (nSPS) is 28.5. The Balaban J connectivity index is 2.04. The van der Waals surface area contributed by atoms with Crippen molar-refractivity contribution in [2.75, 3.05) is 13.6 Å². The van der Waals surface area contributed by atoms with E-state index in [0.29, 0.717) is 5.41 Å². The Morgan fingerprint density at radius 3 is 2.68 bits per heavy atom. The molecule has 0 bridgehead atoms. The number of rotatable bonds is 4. The highest BCUT2D eigenvalue weighted by Crippen LogP contribution is 2.43. The van der Waals surface area contributed by atoms with E-state index < -0.39 is 0 Å². The number of nitrogens with zero attached hydrogens (tertiary/aromatic N) is 1. The SMILES string of the molecule is CNCC1CCC(C(C)(C)C)CC1Cc1cncs1. The van der Waals surface area contributed by atoms with Gasteiger partial charge < -0.3 is 5.32 Å². The third kappa shape index (κ3) is 4.03. The van der Waals surface area contributed by atoms with E-state index in [1.54, 1.807) is 0 Å². The van der Waals surface area contributed by atoms with E-state index in [-0.39, 0.29) is 0 Å². The highest BCUT2D eigenvalue weighted by molar-refractivity contribution is 7.09. The summed E-state index contributed by atoms with van der Waals surface area (Å²) in [5.74, 6) is 2.54. The van der Waals surface area contributed by atoms with Gasteiger partial charge >= 0.3 is 0 Å². The predicted molar refractivity (Wildman–Crippen MR) is 83.5 cm³/mol. The van der Waals surface area contributed by atoms with Gasteiger partial charge in [0.05, 0.1) is 5.51 Å². The van der Waals surface area contributed by atoms with E-state index in [4.69, 9.17) is 0 Å². The van der Waals surface area contributed by atoms with Crippen LogP contribution in [0.15, 0.2) is 11.7 Å². The van der Waals surface area contributed by atoms with Crippen LogP contribution in [0.25, 0.3) is 0 Å². The van der Waals surface area contributed by atoms with Crippen molar-refractivity contribution in [2.24, 2.45) is 23.2 Å². The highest BCUT2D eigenvalue weighted by atomic mass is 32.1. The van der Waals surface area contributed by atoms with Crippen LogP contribution in [0.5, 0.6) is 0 Å². The maximum absolute atomic E-state index is 4.23. The van der Waals surface area contributed by atoms with Crippen LogP contribution in [0.4, 0.5) is 0 Å². The molecule has 3 heteroatoms. The average Bonchev–Trinajstić information content (AvgIpc) is 2.83. The molecule has 0 amide bonds. The molecule has 3 unspecified atom stereocenters. The molecular weight excluding hydrogens is 252 g/mol. The lowest BCUT2D eigenvalue weighted by Gasteiger charge is -2.42. The first-order valence-electron chi connectivity index (χ1n) is 7.52. The van der Waals surface area contributed by atoms with Crippen molar-refractivity contribution in [1.29, 1.82) is 0 Å². The molecule has 1 saturated carbocycles. The second-order valence-electron chi connectivity index (χ2n) is 7.13. The number of aromatic nitrogens is 1. The Labute approximate surface area is 122 Å². The van der Waals surface area contributed by atoms with Crippen LogP contribution in [0, 0.1) is 23.2 Å². The summed E-state index contributed by atoms with van der Waals surface area (Å²) in [6, 6.07) is 0. The largest absolute Gasteiger partial charge is 0.319 e. The maximum Gasteiger partial charge on any atom is 0.0794 e. The fraction of sp³-hybridized carbons (Fsp3) is 0.812. The molecule has 2 rings (SSSR count).